The van der Waals surface area contributed by atoms with Gasteiger partial charge < -0.3 is 9.64 Å². The van der Waals surface area contributed by atoms with Crippen LogP contribution in [0.5, 0.6) is 5.75 Å². The Hall–Kier alpha value is -2.29. The Balaban J connectivity index is 1.54. The number of rotatable bonds is 3. The van der Waals surface area contributed by atoms with E-state index in [0.717, 1.165) is 37.2 Å². The number of piperidine rings is 1. The van der Waals surface area contributed by atoms with Gasteiger partial charge in [-0.25, -0.2) is 0 Å². The Kier molecular flexibility index (Phi) is 4.65. The van der Waals surface area contributed by atoms with Gasteiger partial charge in [0.05, 0.1) is 0 Å². The van der Waals surface area contributed by atoms with E-state index >= 15 is 0 Å². The number of benzene rings is 2. The van der Waals surface area contributed by atoms with Gasteiger partial charge in [-0.1, -0.05) is 35.4 Å². The molecule has 2 aromatic rings. The molecule has 0 unspecified atom stereocenters. The van der Waals surface area contributed by atoms with Crippen molar-refractivity contribution in [2.45, 2.75) is 32.8 Å². The zero-order valence-electron chi connectivity index (χ0n) is 13.8. The van der Waals surface area contributed by atoms with Crippen molar-refractivity contribution in [2.24, 2.45) is 0 Å². The number of aryl methyl sites for hydroxylation is 2. The predicted molar refractivity (Wildman–Crippen MR) is 91.9 cm³/mol. The number of nitrogens with zero attached hydrogens (tertiary/aromatic N) is 1. The first-order valence-electron chi connectivity index (χ1n) is 8.21. The summed E-state index contributed by atoms with van der Waals surface area (Å²) in [7, 11) is 0. The SMILES string of the molecule is Cc1ccc(OC2CCN(C(=O)c3ccc(C)cc3)CC2)cc1. The van der Waals surface area contributed by atoms with Crippen LogP contribution in [0.1, 0.15) is 34.3 Å². The molecule has 120 valence electrons. The van der Waals surface area contributed by atoms with Crippen LogP contribution < -0.4 is 4.74 Å². The molecule has 1 aliphatic heterocycles. The van der Waals surface area contributed by atoms with Crippen molar-refractivity contribution in [1.29, 1.82) is 0 Å². The number of hydrogen-bond acceptors (Lipinski definition) is 2. The summed E-state index contributed by atoms with van der Waals surface area (Å²) in [4.78, 5) is 14.4. The second-order valence-corrected chi connectivity index (χ2v) is 6.29. The zero-order valence-corrected chi connectivity index (χ0v) is 13.8. The second-order valence-electron chi connectivity index (χ2n) is 6.29. The van der Waals surface area contributed by atoms with Crippen molar-refractivity contribution in [2.75, 3.05) is 13.1 Å². The monoisotopic (exact) mass is 309 g/mol. The molecule has 23 heavy (non-hydrogen) atoms. The molecule has 0 atom stereocenters. The second kappa shape index (κ2) is 6.86. The first-order valence-corrected chi connectivity index (χ1v) is 8.21. The van der Waals surface area contributed by atoms with Crippen molar-refractivity contribution < 1.29 is 9.53 Å². The molecule has 1 saturated heterocycles. The van der Waals surface area contributed by atoms with Gasteiger partial charge in [-0.05, 0) is 38.1 Å². The fourth-order valence-electron chi connectivity index (χ4n) is 2.86. The number of carbonyl (C=O) groups is 1. The molecule has 0 spiro atoms. The first-order chi connectivity index (χ1) is 11.1. The normalized spacial score (nSPS) is 15.5. The minimum absolute atomic E-state index is 0.124. The van der Waals surface area contributed by atoms with E-state index in [-0.39, 0.29) is 12.0 Å². The highest BCUT2D eigenvalue weighted by Gasteiger charge is 2.24. The maximum atomic E-state index is 12.5. The van der Waals surface area contributed by atoms with E-state index in [9.17, 15) is 4.79 Å². The van der Waals surface area contributed by atoms with Crippen LogP contribution in [0.15, 0.2) is 48.5 Å². The molecule has 1 heterocycles. The molecule has 0 bridgehead atoms. The van der Waals surface area contributed by atoms with Crippen LogP contribution in [0.4, 0.5) is 0 Å². The van der Waals surface area contributed by atoms with Crippen LogP contribution in [-0.2, 0) is 0 Å². The third kappa shape index (κ3) is 3.92. The van der Waals surface area contributed by atoms with Gasteiger partial charge in [-0.3, -0.25) is 4.79 Å². The van der Waals surface area contributed by atoms with Gasteiger partial charge in [-0.2, -0.15) is 0 Å². The zero-order chi connectivity index (χ0) is 16.2. The summed E-state index contributed by atoms with van der Waals surface area (Å²) in [6.45, 7) is 5.60. The van der Waals surface area contributed by atoms with Crippen molar-refractivity contribution in [3.8, 4) is 5.75 Å². The Morgan fingerprint density at radius 2 is 1.43 bits per heavy atom. The minimum atomic E-state index is 0.124. The summed E-state index contributed by atoms with van der Waals surface area (Å²) in [5.74, 6) is 1.04. The average molecular weight is 309 g/mol. The lowest BCUT2D eigenvalue weighted by molar-refractivity contribution is 0.0595. The Labute approximate surface area is 137 Å². The maximum absolute atomic E-state index is 12.5. The highest BCUT2D eigenvalue weighted by atomic mass is 16.5. The topological polar surface area (TPSA) is 29.5 Å². The summed E-state index contributed by atoms with van der Waals surface area (Å²) in [5.41, 5.74) is 3.18. The molecule has 0 saturated carbocycles. The molecule has 0 aromatic heterocycles. The molecule has 0 N–H and O–H groups in total. The van der Waals surface area contributed by atoms with Gasteiger partial charge in [-0.15, -0.1) is 0 Å². The number of likely N-dealkylation sites (tertiary alicyclic amines) is 1. The van der Waals surface area contributed by atoms with Gasteiger partial charge in [0.2, 0.25) is 0 Å². The number of hydrogen-bond donors (Lipinski definition) is 0. The largest absolute Gasteiger partial charge is 0.490 e. The van der Waals surface area contributed by atoms with Crippen LogP contribution in [0, 0.1) is 13.8 Å². The van der Waals surface area contributed by atoms with Crippen molar-refractivity contribution in [1.82, 2.24) is 4.90 Å². The molecule has 3 rings (SSSR count). The van der Waals surface area contributed by atoms with E-state index in [1.54, 1.807) is 0 Å². The smallest absolute Gasteiger partial charge is 0.253 e. The van der Waals surface area contributed by atoms with E-state index in [2.05, 4.69) is 19.1 Å². The lowest BCUT2D eigenvalue weighted by Crippen LogP contribution is -2.41. The fraction of sp³-hybridized carbons (Fsp3) is 0.350. The summed E-state index contributed by atoms with van der Waals surface area (Å²) >= 11 is 0. The minimum Gasteiger partial charge on any atom is -0.490 e. The summed E-state index contributed by atoms with van der Waals surface area (Å²) in [5, 5.41) is 0. The molecule has 3 heteroatoms. The highest BCUT2D eigenvalue weighted by Crippen LogP contribution is 2.20. The quantitative estimate of drug-likeness (QED) is 0.858. The van der Waals surface area contributed by atoms with E-state index < -0.39 is 0 Å². The van der Waals surface area contributed by atoms with Crippen LogP contribution in [0.2, 0.25) is 0 Å². The fourth-order valence-corrected chi connectivity index (χ4v) is 2.86. The van der Waals surface area contributed by atoms with Crippen LogP contribution in [0.3, 0.4) is 0 Å². The lowest BCUT2D eigenvalue weighted by atomic mass is 10.1. The highest BCUT2D eigenvalue weighted by molar-refractivity contribution is 5.94. The molecular formula is C20H23NO2. The summed E-state index contributed by atoms with van der Waals surface area (Å²) < 4.78 is 6.02. The van der Waals surface area contributed by atoms with Crippen molar-refractivity contribution in [3.05, 3.63) is 65.2 Å². The summed E-state index contributed by atoms with van der Waals surface area (Å²) in [6, 6.07) is 15.9. The van der Waals surface area contributed by atoms with Crippen molar-refractivity contribution in [3.63, 3.8) is 0 Å². The molecule has 2 aromatic carbocycles. The van der Waals surface area contributed by atoms with Crippen LogP contribution >= 0.6 is 0 Å². The summed E-state index contributed by atoms with van der Waals surface area (Å²) in [6.07, 6.45) is 1.96. The molecule has 1 fully saturated rings. The van der Waals surface area contributed by atoms with E-state index in [4.69, 9.17) is 4.74 Å². The van der Waals surface area contributed by atoms with E-state index in [0.29, 0.717) is 0 Å². The first kappa shape index (κ1) is 15.6. The van der Waals surface area contributed by atoms with E-state index in [1.165, 1.54) is 11.1 Å². The predicted octanol–water partition coefficient (Wildman–Crippen LogP) is 3.99. The van der Waals surface area contributed by atoms with E-state index in [1.807, 2.05) is 48.2 Å². The Morgan fingerprint density at radius 1 is 0.913 bits per heavy atom. The molecular weight excluding hydrogens is 286 g/mol. The molecule has 1 aliphatic rings. The Morgan fingerprint density at radius 3 is 2.00 bits per heavy atom. The molecule has 3 nitrogen and oxygen atoms in total. The third-order valence-electron chi connectivity index (χ3n) is 4.35. The maximum Gasteiger partial charge on any atom is 0.253 e. The van der Waals surface area contributed by atoms with Gasteiger partial charge in [0.1, 0.15) is 11.9 Å². The molecule has 0 radical (unpaired) electrons. The van der Waals surface area contributed by atoms with Gasteiger partial charge in [0, 0.05) is 31.5 Å². The number of ether oxygens (including phenoxy) is 1. The van der Waals surface area contributed by atoms with Crippen LogP contribution in [0.25, 0.3) is 0 Å². The van der Waals surface area contributed by atoms with Gasteiger partial charge in [0.15, 0.2) is 0 Å². The molecule has 0 aliphatic carbocycles. The standard InChI is InChI=1S/C20H23NO2/c1-15-3-7-17(8-4-15)20(22)21-13-11-19(12-14-21)23-18-9-5-16(2)6-10-18/h3-10,19H,11-14H2,1-2H3. The number of carbonyl (C=O) groups excluding carboxylic acids is 1. The molecule has 1 amide bonds. The van der Waals surface area contributed by atoms with Crippen molar-refractivity contribution >= 4 is 5.91 Å². The lowest BCUT2D eigenvalue weighted by Gasteiger charge is -2.32. The Bertz CT molecular complexity index is 653. The van der Waals surface area contributed by atoms with Gasteiger partial charge in [0.25, 0.3) is 5.91 Å². The van der Waals surface area contributed by atoms with Crippen LogP contribution in [-0.4, -0.2) is 30.0 Å². The van der Waals surface area contributed by atoms with Gasteiger partial charge >= 0.3 is 0 Å². The third-order valence-corrected chi connectivity index (χ3v) is 4.35. The average Bonchev–Trinajstić information content (AvgIpc) is 2.58. The number of amides is 1.